The Morgan fingerprint density at radius 2 is 2.18 bits per heavy atom. The number of amides is 1. The number of carbonyl (C=O) groups is 1. The molecule has 1 aromatic carbocycles. The summed E-state index contributed by atoms with van der Waals surface area (Å²) in [6, 6.07) is 4.57. The Labute approximate surface area is 199 Å². The molecule has 0 fully saturated rings. The van der Waals surface area contributed by atoms with Gasteiger partial charge in [0.1, 0.15) is 17.4 Å². The maximum Gasteiger partial charge on any atom is 0.259 e. The van der Waals surface area contributed by atoms with Gasteiger partial charge in [0.25, 0.3) is 5.91 Å². The van der Waals surface area contributed by atoms with Crippen LogP contribution in [0.15, 0.2) is 36.5 Å². The van der Waals surface area contributed by atoms with Crippen molar-refractivity contribution in [1.29, 1.82) is 0 Å². The van der Waals surface area contributed by atoms with Gasteiger partial charge in [0.05, 0.1) is 29.4 Å². The predicted octanol–water partition coefficient (Wildman–Crippen LogP) is 5.59. The van der Waals surface area contributed by atoms with Gasteiger partial charge in [-0.05, 0) is 44.4 Å². The highest BCUT2D eigenvalue weighted by Gasteiger charge is 2.23. The standard InChI is InChI=1S/C23H22ClFN4O3S/c1-13-10-15(20-18(31-2)9-8-17(24)21(20)25)16(11-26-13)22(30)27-23-29-28-19(33-23)12-32-14-6-4-3-5-7-14/h3-4,8-11,14H,5-7,12H2,1-2H3,(H,27,29,30). The normalized spacial score (nSPS) is 15.5. The lowest BCUT2D eigenvalue weighted by Gasteiger charge is -2.17. The van der Waals surface area contributed by atoms with Crippen LogP contribution in [0.4, 0.5) is 9.52 Å². The first kappa shape index (κ1) is 23.3. The van der Waals surface area contributed by atoms with Crippen LogP contribution in [0, 0.1) is 12.7 Å². The molecular weight excluding hydrogens is 467 g/mol. The van der Waals surface area contributed by atoms with E-state index < -0.39 is 11.7 Å². The summed E-state index contributed by atoms with van der Waals surface area (Å²) in [5, 5.41) is 11.7. The minimum absolute atomic E-state index is 0.0751. The molecule has 1 aliphatic rings. The summed E-state index contributed by atoms with van der Waals surface area (Å²) in [5.41, 5.74) is 1.17. The number of hydrogen-bond acceptors (Lipinski definition) is 7. The molecule has 1 N–H and O–H groups in total. The van der Waals surface area contributed by atoms with Crippen LogP contribution in [-0.4, -0.2) is 34.3 Å². The average Bonchev–Trinajstić information content (AvgIpc) is 3.27. The first-order chi connectivity index (χ1) is 16.0. The second-order valence-electron chi connectivity index (χ2n) is 7.48. The maximum absolute atomic E-state index is 15.0. The summed E-state index contributed by atoms with van der Waals surface area (Å²) in [5.74, 6) is -0.923. The summed E-state index contributed by atoms with van der Waals surface area (Å²) >= 11 is 7.23. The summed E-state index contributed by atoms with van der Waals surface area (Å²) in [7, 11) is 1.43. The van der Waals surface area contributed by atoms with Gasteiger partial charge >= 0.3 is 0 Å². The van der Waals surface area contributed by atoms with Gasteiger partial charge in [-0.25, -0.2) is 4.39 Å². The summed E-state index contributed by atoms with van der Waals surface area (Å²) in [6.45, 7) is 2.08. The second-order valence-corrected chi connectivity index (χ2v) is 8.95. The lowest BCUT2D eigenvalue weighted by molar-refractivity contribution is 0.0348. The number of ether oxygens (including phenoxy) is 2. The average molecular weight is 489 g/mol. The van der Waals surface area contributed by atoms with E-state index >= 15 is 0 Å². The smallest absolute Gasteiger partial charge is 0.259 e. The van der Waals surface area contributed by atoms with Gasteiger partial charge in [-0.1, -0.05) is 35.1 Å². The molecule has 1 unspecified atom stereocenters. The molecule has 7 nitrogen and oxygen atoms in total. The molecule has 1 atom stereocenters. The maximum atomic E-state index is 15.0. The van der Waals surface area contributed by atoms with E-state index in [1.165, 1.54) is 30.7 Å². The predicted molar refractivity (Wildman–Crippen MR) is 125 cm³/mol. The quantitative estimate of drug-likeness (QED) is 0.436. The molecule has 3 aromatic rings. The van der Waals surface area contributed by atoms with Gasteiger partial charge in [0.15, 0.2) is 5.82 Å². The Kier molecular flexibility index (Phi) is 7.32. The highest BCUT2D eigenvalue weighted by atomic mass is 35.5. The molecule has 2 aromatic heterocycles. The zero-order chi connectivity index (χ0) is 23.4. The van der Waals surface area contributed by atoms with Gasteiger partial charge in [-0.2, -0.15) is 0 Å². The third kappa shape index (κ3) is 5.38. The number of rotatable bonds is 7. The van der Waals surface area contributed by atoms with Crippen LogP contribution >= 0.6 is 22.9 Å². The van der Waals surface area contributed by atoms with E-state index in [1.54, 1.807) is 19.1 Å². The van der Waals surface area contributed by atoms with Crippen molar-refractivity contribution in [2.24, 2.45) is 0 Å². The fourth-order valence-electron chi connectivity index (χ4n) is 3.53. The number of aromatic nitrogens is 3. The fraction of sp³-hybridized carbons (Fsp3) is 0.304. The Morgan fingerprint density at radius 3 is 2.94 bits per heavy atom. The van der Waals surface area contributed by atoms with Crippen LogP contribution in [0.3, 0.4) is 0 Å². The van der Waals surface area contributed by atoms with Gasteiger partial charge in [0.2, 0.25) is 5.13 Å². The van der Waals surface area contributed by atoms with Crippen LogP contribution in [-0.2, 0) is 11.3 Å². The summed E-state index contributed by atoms with van der Waals surface area (Å²) < 4.78 is 26.2. The van der Waals surface area contributed by atoms with Crippen LogP contribution < -0.4 is 10.1 Å². The molecule has 0 saturated carbocycles. The Bertz CT molecular complexity index is 1200. The van der Waals surface area contributed by atoms with Gasteiger partial charge < -0.3 is 9.47 Å². The van der Waals surface area contributed by atoms with E-state index in [0.29, 0.717) is 28.0 Å². The van der Waals surface area contributed by atoms with Crippen molar-refractivity contribution in [3.05, 3.63) is 63.7 Å². The van der Waals surface area contributed by atoms with Crippen molar-refractivity contribution < 1.29 is 18.7 Å². The number of hydrogen-bond donors (Lipinski definition) is 1. The molecule has 0 spiro atoms. The van der Waals surface area contributed by atoms with Crippen LogP contribution in [0.5, 0.6) is 5.75 Å². The topological polar surface area (TPSA) is 86.2 Å². The van der Waals surface area contributed by atoms with Crippen molar-refractivity contribution in [3.8, 4) is 16.9 Å². The molecule has 4 rings (SSSR count). The van der Waals surface area contributed by atoms with Crippen molar-refractivity contribution >= 4 is 34.0 Å². The van der Waals surface area contributed by atoms with Crippen molar-refractivity contribution in [3.63, 3.8) is 0 Å². The van der Waals surface area contributed by atoms with E-state index in [1.807, 2.05) is 0 Å². The van der Waals surface area contributed by atoms with E-state index in [9.17, 15) is 9.18 Å². The number of anilines is 1. The van der Waals surface area contributed by atoms with Crippen molar-refractivity contribution in [1.82, 2.24) is 15.2 Å². The van der Waals surface area contributed by atoms with Crippen LogP contribution in [0.2, 0.25) is 5.02 Å². The first-order valence-corrected chi connectivity index (χ1v) is 11.5. The molecule has 1 amide bonds. The minimum Gasteiger partial charge on any atom is -0.496 e. The minimum atomic E-state index is -0.677. The number of nitrogens with one attached hydrogen (secondary N) is 1. The Morgan fingerprint density at radius 1 is 1.33 bits per heavy atom. The lowest BCUT2D eigenvalue weighted by Crippen LogP contribution is -2.14. The number of aryl methyl sites for hydroxylation is 1. The molecule has 0 saturated heterocycles. The van der Waals surface area contributed by atoms with Gasteiger partial charge in [0, 0.05) is 17.5 Å². The highest BCUT2D eigenvalue weighted by Crippen LogP contribution is 2.38. The molecular formula is C23H22ClFN4O3S. The number of halogens is 2. The number of methoxy groups -OCH3 is 1. The number of carbonyl (C=O) groups excluding carboxylic acids is 1. The number of nitrogens with zero attached hydrogens (tertiary/aromatic N) is 3. The molecule has 2 heterocycles. The lowest BCUT2D eigenvalue weighted by atomic mass is 9.98. The highest BCUT2D eigenvalue weighted by molar-refractivity contribution is 7.15. The molecule has 0 aliphatic heterocycles. The zero-order valence-corrected chi connectivity index (χ0v) is 19.7. The number of allylic oxidation sites excluding steroid dienone is 1. The van der Waals surface area contributed by atoms with E-state index in [4.69, 9.17) is 21.1 Å². The van der Waals surface area contributed by atoms with Crippen molar-refractivity contribution in [2.45, 2.75) is 38.9 Å². The van der Waals surface area contributed by atoms with E-state index in [2.05, 4.69) is 32.7 Å². The molecule has 10 heteroatoms. The molecule has 1 aliphatic carbocycles. The number of pyridine rings is 1. The second kappa shape index (κ2) is 10.4. The molecule has 33 heavy (non-hydrogen) atoms. The van der Waals surface area contributed by atoms with E-state index in [-0.39, 0.29) is 28.0 Å². The van der Waals surface area contributed by atoms with Crippen LogP contribution in [0.25, 0.3) is 11.1 Å². The van der Waals surface area contributed by atoms with E-state index in [0.717, 1.165) is 19.3 Å². The van der Waals surface area contributed by atoms with Crippen molar-refractivity contribution in [2.75, 3.05) is 12.4 Å². The SMILES string of the molecule is COc1ccc(Cl)c(F)c1-c1cc(C)ncc1C(=O)Nc1nnc(COC2CC=CCC2)s1. The molecule has 0 radical (unpaired) electrons. The summed E-state index contributed by atoms with van der Waals surface area (Å²) in [6.07, 6.45) is 8.69. The molecule has 172 valence electrons. The third-order valence-corrected chi connectivity index (χ3v) is 6.29. The number of benzene rings is 1. The van der Waals surface area contributed by atoms with Gasteiger partial charge in [-0.3, -0.25) is 15.1 Å². The van der Waals surface area contributed by atoms with Crippen LogP contribution in [0.1, 0.15) is 40.3 Å². The Hall–Kier alpha value is -2.88. The fourth-order valence-corrected chi connectivity index (χ4v) is 4.35. The largest absolute Gasteiger partial charge is 0.496 e. The monoisotopic (exact) mass is 488 g/mol. The van der Waals surface area contributed by atoms with Gasteiger partial charge in [-0.15, -0.1) is 10.2 Å². The summed E-state index contributed by atoms with van der Waals surface area (Å²) in [4.78, 5) is 17.3. The first-order valence-electron chi connectivity index (χ1n) is 10.4. The zero-order valence-electron chi connectivity index (χ0n) is 18.1. The third-order valence-electron chi connectivity index (χ3n) is 5.18. The molecule has 0 bridgehead atoms. The Balaban J connectivity index is 1.55.